The van der Waals surface area contributed by atoms with Crippen molar-refractivity contribution in [2.24, 2.45) is 5.73 Å². The molecule has 0 aromatic heterocycles. The Hall–Kier alpha value is -2.08. The second-order valence-electron chi connectivity index (χ2n) is 6.33. The standard InChI is InChI=1S/C18H28N4O2/c1-15-6-2-3-7-16(15)14-21-10-12-22(13-11-21)17(23)8-4-5-9-20-18(19)24/h2-3,6-7H,4-5,8-14H2,1H3,(H3,19,20,24). The highest BCUT2D eigenvalue weighted by Crippen LogP contribution is 2.13. The average Bonchev–Trinajstić information content (AvgIpc) is 2.57. The van der Waals surface area contributed by atoms with E-state index in [1.165, 1.54) is 11.1 Å². The van der Waals surface area contributed by atoms with Crippen LogP contribution in [0.4, 0.5) is 4.79 Å². The summed E-state index contributed by atoms with van der Waals surface area (Å²) in [5, 5.41) is 2.54. The molecule has 1 aromatic carbocycles. The Morgan fingerprint density at radius 3 is 2.50 bits per heavy atom. The van der Waals surface area contributed by atoms with Crippen molar-refractivity contribution in [3.63, 3.8) is 0 Å². The number of urea groups is 1. The van der Waals surface area contributed by atoms with Crippen molar-refractivity contribution in [1.29, 1.82) is 0 Å². The lowest BCUT2D eigenvalue weighted by Crippen LogP contribution is -2.48. The topological polar surface area (TPSA) is 78.7 Å². The lowest BCUT2D eigenvalue weighted by molar-refractivity contribution is -0.133. The molecular weight excluding hydrogens is 304 g/mol. The van der Waals surface area contributed by atoms with Crippen LogP contribution in [0.1, 0.15) is 30.4 Å². The molecule has 0 spiro atoms. The first-order valence-electron chi connectivity index (χ1n) is 8.64. The molecule has 24 heavy (non-hydrogen) atoms. The zero-order valence-electron chi connectivity index (χ0n) is 14.5. The number of nitrogens with zero attached hydrogens (tertiary/aromatic N) is 2. The Bertz CT molecular complexity index is 554. The van der Waals surface area contributed by atoms with Crippen LogP contribution in [-0.2, 0) is 11.3 Å². The number of carbonyl (C=O) groups excluding carboxylic acids is 2. The van der Waals surface area contributed by atoms with Crippen molar-refractivity contribution < 1.29 is 9.59 Å². The molecule has 0 radical (unpaired) electrons. The highest BCUT2D eigenvalue weighted by molar-refractivity contribution is 5.76. The predicted octanol–water partition coefficient (Wildman–Crippen LogP) is 1.48. The van der Waals surface area contributed by atoms with E-state index in [4.69, 9.17) is 5.73 Å². The van der Waals surface area contributed by atoms with Crippen LogP contribution >= 0.6 is 0 Å². The van der Waals surface area contributed by atoms with Crippen molar-refractivity contribution in [2.75, 3.05) is 32.7 Å². The van der Waals surface area contributed by atoms with Gasteiger partial charge in [0.1, 0.15) is 0 Å². The molecule has 1 fully saturated rings. The Labute approximate surface area is 144 Å². The van der Waals surface area contributed by atoms with Gasteiger partial charge in [0.25, 0.3) is 0 Å². The van der Waals surface area contributed by atoms with Gasteiger partial charge in [-0.15, -0.1) is 0 Å². The van der Waals surface area contributed by atoms with Crippen LogP contribution in [0.25, 0.3) is 0 Å². The first kappa shape index (κ1) is 18.3. The van der Waals surface area contributed by atoms with Crippen molar-refractivity contribution in [3.05, 3.63) is 35.4 Å². The van der Waals surface area contributed by atoms with E-state index >= 15 is 0 Å². The van der Waals surface area contributed by atoms with Gasteiger partial charge in [-0.2, -0.15) is 0 Å². The number of nitrogens with one attached hydrogen (secondary N) is 1. The fourth-order valence-electron chi connectivity index (χ4n) is 2.95. The highest BCUT2D eigenvalue weighted by atomic mass is 16.2. The number of piperazine rings is 1. The van der Waals surface area contributed by atoms with Gasteiger partial charge in [-0.3, -0.25) is 9.69 Å². The molecule has 1 aromatic rings. The number of hydrogen-bond donors (Lipinski definition) is 2. The average molecular weight is 332 g/mol. The molecule has 0 atom stereocenters. The van der Waals surface area contributed by atoms with E-state index in [1.54, 1.807) is 0 Å². The summed E-state index contributed by atoms with van der Waals surface area (Å²) in [7, 11) is 0. The fraction of sp³-hybridized carbons (Fsp3) is 0.556. The molecule has 0 unspecified atom stereocenters. The number of hydrogen-bond acceptors (Lipinski definition) is 3. The summed E-state index contributed by atoms with van der Waals surface area (Å²) in [6, 6.07) is 7.95. The molecule has 1 saturated heterocycles. The van der Waals surface area contributed by atoms with Crippen LogP contribution in [0.2, 0.25) is 0 Å². The number of carbonyl (C=O) groups is 2. The van der Waals surface area contributed by atoms with Crippen LogP contribution < -0.4 is 11.1 Å². The zero-order valence-corrected chi connectivity index (χ0v) is 14.5. The number of rotatable bonds is 7. The van der Waals surface area contributed by atoms with Gasteiger partial charge in [0.15, 0.2) is 0 Å². The third kappa shape index (κ3) is 5.85. The van der Waals surface area contributed by atoms with E-state index in [0.717, 1.165) is 45.6 Å². The summed E-state index contributed by atoms with van der Waals surface area (Å²) in [6.07, 6.45) is 2.10. The minimum Gasteiger partial charge on any atom is -0.352 e. The Morgan fingerprint density at radius 1 is 1.12 bits per heavy atom. The molecule has 0 saturated carbocycles. The van der Waals surface area contributed by atoms with Gasteiger partial charge in [-0.1, -0.05) is 24.3 Å². The summed E-state index contributed by atoms with van der Waals surface area (Å²) < 4.78 is 0. The molecule has 132 valence electrons. The third-order valence-electron chi connectivity index (χ3n) is 4.50. The number of primary amides is 1. The molecular formula is C18H28N4O2. The molecule has 1 heterocycles. The van der Waals surface area contributed by atoms with Gasteiger partial charge < -0.3 is 16.0 Å². The fourth-order valence-corrected chi connectivity index (χ4v) is 2.95. The molecule has 0 bridgehead atoms. The highest BCUT2D eigenvalue weighted by Gasteiger charge is 2.20. The molecule has 6 heteroatoms. The molecule has 6 nitrogen and oxygen atoms in total. The lowest BCUT2D eigenvalue weighted by Gasteiger charge is -2.35. The van der Waals surface area contributed by atoms with Gasteiger partial charge in [-0.05, 0) is 30.9 Å². The molecule has 2 rings (SSSR count). The van der Waals surface area contributed by atoms with Gasteiger partial charge in [0.05, 0.1) is 0 Å². The maximum atomic E-state index is 12.2. The summed E-state index contributed by atoms with van der Waals surface area (Å²) in [5.41, 5.74) is 7.68. The SMILES string of the molecule is Cc1ccccc1CN1CCN(C(=O)CCCCNC(N)=O)CC1. The van der Waals surface area contributed by atoms with E-state index in [1.807, 2.05) is 4.90 Å². The minimum absolute atomic E-state index is 0.213. The molecule has 1 aliphatic heterocycles. The molecule has 1 aliphatic rings. The third-order valence-corrected chi connectivity index (χ3v) is 4.50. The zero-order chi connectivity index (χ0) is 17.4. The summed E-state index contributed by atoms with van der Waals surface area (Å²) in [6.45, 7) is 7.06. The van der Waals surface area contributed by atoms with E-state index in [2.05, 4.69) is 41.4 Å². The smallest absolute Gasteiger partial charge is 0.312 e. The van der Waals surface area contributed by atoms with Crippen LogP contribution in [0, 0.1) is 6.92 Å². The van der Waals surface area contributed by atoms with Gasteiger partial charge >= 0.3 is 6.03 Å². The Balaban J connectivity index is 1.66. The largest absolute Gasteiger partial charge is 0.352 e. The normalized spacial score (nSPS) is 15.3. The number of aryl methyl sites for hydroxylation is 1. The maximum Gasteiger partial charge on any atom is 0.312 e. The Morgan fingerprint density at radius 2 is 1.83 bits per heavy atom. The van der Waals surface area contributed by atoms with Crippen LogP contribution in [-0.4, -0.2) is 54.5 Å². The molecule has 0 aliphatic carbocycles. The summed E-state index contributed by atoms with van der Waals surface area (Å²) in [4.78, 5) is 27.1. The Kier molecular flexibility index (Phi) is 7.06. The summed E-state index contributed by atoms with van der Waals surface area (Å²) in [5.74, 6) is 0.213. The lowest BCUT2D eigenvalue weighted by atomic mass is 10.1. The van der Waals surface area contributed by atoms with E-state index in [-0.39, 0.29) is 5.91 Å². The first-order valence-corrected chi connectivity index (χ1v) is 8.64. The first-order chi connectivity index (χ1) is 11.6. The number of amides is 3. The quantitative estimate of drug-likeness (QED) is 0.742. The second-order valence-corrected chi connectivity index (χ2v) is 6.33. The van der Waals surface area contributed by atoms with Gasteiger partial charge in [0.2, 0.25) is 5.91 Å². The number of benzene rings is 1. The monoisotopic (exact) mass is 332 g/mol. The maximum absolute atomic E-state index is 12.2. The van der Waals surface area contributed by atoms with Crippen LogP contribution in [0.15, 0.2) is 24.3 Å². The van der Waals surface area contributed by atoms with Crippen molar-refractivity contribution in [1.82, 2.24) is 15.1 Å². The summed E-state index contributed by atoms with van der Waals surface area (Å²) >= 11 is 0. The van der Waals surface area contributed by atoms with E-state index < -0.39 is 6.03 Å². The van der Waals surface area contributed by atoms with Crippen LogP contribution in [0.3, 0.4) is 0 Å². The van der Waals surface area contributed by atoms with Crippen molar-refractivity contribution in [3.8, 4) is 0 Å². The van der Waals surface area contributed by atoms with E-state index in [9.17, 15) is 9.59 Å². The van der Waals surface area contributed by atoms with Crippen molar-refractivity contribution in [2.45, 2.75) is 32.7 Å². The van der Waals surface area contributed by atoms with E-state index in [0.29, 0.717) is 13.0 Å². The van der Waals surface area contributed by atoms with Crippen molar-refractivity contribution >= 4 is 11.9 Å². The second kappa shape index (κ2) is 9.27. The molecule has 3 amide bonds. The van der Waals surface area contributed by atoms with Gasteiger partial charge in [-0.25, -0.2) is 4.79 Å². The predicted molar refractivity (Wildman–Crippen MR) is 94.5 cm³/mol. The van der Waals surface area contributed by atoms with Gasteiger partial charge in [0, 0.05) is 45.7 Å². The minimum atomic E-state index is -0.508. The van der Waals surface area contributed by atoms with Crippen LogP contribution in [0.5, 0.6) is 0 Å². The number of unbranched alkanes of at least 4 members (excludes halogenated alkanes) is 1. The number of nitrogens with two attached hydrogens (primary N) is 1. The molecule has 3 N–H and O–H groups in total.